The second-order valence-electron chi connectivity index (χ2n) is 2.82. The highest BCUT2D eigenvalue weighted by molar-refractivity contribution is 6.32. The van der Waals surface area contributed by atoms with Crippen molar-refractivity contribution in [2.75, 3.05) is 7.11 Å². The van der Waals surface area contributed by atoms with Crippen molar-refractivity contribution in [2.24, 2.45) is 0 Å². The molecule has 0 aromatic heterocycles. The highest BCUT2D eigenvalue weighted by atomic mass is 35.5. The number of allylic oxidation sites excluding steroid dienone is 1. The van der Waals surface area contributed by atoms with Crippen molar-refractivity contribution in [3.63, 3.8) is 0 Å². The number of nitriles is 2. The summed E-state index contributed by atoms with van der Waals surface area (Å²) < 4.78 is 4.89. The number of halogens is 1. The predicted octanol–water partition coefficient (Wildman–Crippen LogP) is 2.48. The Bertz CT molecular complexity index is 485. The molecule has 0 aliphatic heterocycles. The van der Waals surface area contributed by atoms with Gasteiger partial charge in [0.1, 0.15) is 29.2 Å². The molecule has 0 aliphatic carbocycles. The fourth-order valence-electron chi connectivity index (χ4n) is 1.07. The Hall–Kier alpha value is -2.17. The number of benzene rings is 1. The van der Waals surface area contributed by atoms with Gasteiger partial charge in [-0.3, -0.25) is 0 Å². The van der Waals surface area contributed by atoms with Crippen molar-refractivity contribution in [1.29, 1.82) is 10.5 Å². The summed E-state index contributed by atoms with van der Waals surface area (Å²) in [4.78, 5) is 0. The Kier molecular flexibility index (Phi) is 3.77. The quantitative estimate of drug-likeness (QED) is 0.798. The third-order valence-corrected chi connectivity index (χ3v) is 2.16. The summed E-state index contributed by atoms with van der Waals surface area (Å²) >= 11 is 5.87. The predicted molar refractivity (Wildman–Crippen MR) is 58.9 cm³/mol. The van der Waals surface area contributed by atoms with E-state index < -0.39 is 0 Å². The summed E-state index contributed by atoms with van der Waals surface area (Å²) in [5.41, 5.74) is 0.0860. The van der Waals surface area contributed by atoms with Crippen molar-refractivity contribution in [2.45, 2.75) is 0 Å². The number of phenols is 1. The summed E-state index contributed by atoms with van der Waals surface area (Å²) in [6.45, 7) is 0. The SMILES string of the molecule is COc1cc(O)c(C=C(C#N)C#N)c(Cl)c1. The van der Waals surface area contributed by atoms with Gasteiger partial charge in [0.25, 0.3) is 0 Å². The van der Waals surface area contributed by atoms with Crippen molar-refractivity contribution in [1.82, 2.24) is 0 Å². The molecule has 0 unspecified atom stereocenters. The van der Waals surface area contributed by atoms with E-state index in [9.17, 15) is 5.11 Å². The van der Waals surface area contributed by atoms with E-state index in [1.165, 1.54) is 25.3 Å². The minimum Gasteiger partial charge on any atom is -0.507 e. The monoisotopic (exact) mass is 234 g/mol. The summed E-state index contributed by atoms with van der Waals surface area (Å²) in [6, 6.07) is 6.20. The lowest BCUT2D eigenvalue weighted by atomic mass is 10.1. The van der Waals surface area contributed by atoms with E-state index in [-0.39, 0.29) is 21.9 Å². The van der Waals surface area contributed by atoms with E-state index >= 15 is 0 Å². The maximum absolute atomic E-state index is 9.62. The Balaban J connectivity index is 3.33. The van der Waals surface area contributed by atoms with Crippen molar-refractivity contribution >= 4 is 17.7 Å². The van der Waals surface area contributed by atoms with E-state index in [2.05, 4.69) is 0 Å². The molecule has 0 aliphatic rings. The molecule has 0 saturated carbocycles. The van der Waals surface area contributed by atoms with Crippen LogP contribution in [0.5, 0.6) is 11.5 Å². The molecule has 4 nitrogen and oxygen atoms in total. The van der Waals surface area contributed by atoms with Gasteiger partial charge in [0.05, 0.1) is 12.1 Å². The van der Waals surface area contributed by atoms with Gasteiger partial charge < -0.3 is 9.84 Å². The number of ether oxygens (including phenoxy) is 1. The fourth-order valence-corrected chi connectivity index (χ4v) is 1.33. The van der Waals surface area contributed by atoms with Crippen LogP contribution in [0.15, 0.2) is 17.7 Å². The molecule has 0 spiro atoms. The second-order valence-corrected chi connectivity index (χ2v) is 3.23. The van der Waals surface area contributed by atoms with Crippen LogP contribution >= 0.6 is 11.6 Å². The molecule has 16 heavy (non-hydrogen) atoms. The first kappa shape index (κ1) is 11.9. The lowest BCUT2D eigenvalue weighted by molar-refractivity contribution is 0.407. The van der Waals surface area contributed by atoms with Gasteiger partial charge in [-0.25, -0.2) is 0 Å². The van der Waals surface area contributed by atoms with Gasteiger partial charge in [-0.15, -0.1) is 0 Å². The Morgan fingerprint density at radius 2 is 2.06 bits per heavy atom. The lowest BCUT2D eigenvalue weighted by Crippen LogP contribution is -1.86. The average Bonchev–Trinajstić information content (AvgIpc) is 2.28. The fraction of sp³-hybridized carbons (Fsp3) is 0.0909. The molecular weight excluding hydrogens is 228 g/mol. The molecule has 1 aromatic rings. The standard InChI is InChI=1S/C11H7ClN2O2/c1-16-8-3-10(12)9(11(15)4-8)2-7(5-13)6-14/h2-4,15H,1H3. The van der Waals surface area contributed by atoms with Crippen LogP contribution in [0.25, 0.3) is 6.08 Å². The first-order chi connectivity index (χ1) is 7.62. The van der Waals surface area contributed by atoms with Crippen LogP contribution in [0, 0.1) is 22.7 Å². The first-order valence-electron chi connectivity index (χ1n) is 4.20. The molecule has 1 aromatic carbocycles. The van der Waals surface area contributed by atoms with Crippen LogP contribution in [0.4, 0.5) is 0 Å². The molecule has 0 amide bonds. The zero-order chi connectivity index (χ0) is 12.1. The Morgan fingerprint density at radius 1 is 1.44 bits per heavy atom. The van der Waals surface area contributed by atoms with Gasteiger partial charge in [0.2, 0.25) is 0 Å². The smallest absolute Gasteiger partial charge is 0.130 e. The second kappa shape index (κ2) is 5.06. The number of rotatable bonds is 2. The van der Waals surface area contributed by atoms with Crippen LogP contribution in [0.2, 0.25) is 5.02 Å². The van der Waals surface area contributed by atoms with Crippen molar-refractivity contribution in [3.05, 3.63) is 28.3 Å². The van der Waals surface area contributed by atoms with E-state index in [0.717, 1.165) is 0 Å². The number of phenolic OH excluding ortho intramolecular Hbond substituents is 1. The maximum atomic E-state index is 9.62. The van der Waals surface area contributed by atoms with Gasteiger partial charge in [0, 0.05) is 11.6 Å². The van der Waals surface area contributed by atoms with Crippen LogP contribution < -0.4 is 4.74 Å². The molecule has 1 N–H and O–H groups in total. The summed E-state index contributed by atoms with van der Waals surface area (Å²) in [5.74, 6) is 0.252. The highest BCUT2D eigenvalue weighted by Gasteiger charge is 2.08. The van der Waals surface area contributed by atoms with E-state index in [4.69, 9.17) is 26.9 Å². The molecule has 0 radical (unpaired) electrons. The molecule has 0 heterocycles. The van der Waals surface area contributed by atoms with E-state index in [1.54, 1.807) is 12.1 Å². The zero-order valence-corrected chi connectivity index (χ0v) is 9.12. The van der Waals surface area contributed by atoms with Crippen LogP contribution in [-0.4, -0.2) is 12.2 Å². The number of methoxy groups -OCH3 is 1. The maximum Gasteiger partial charge on any atom is 0.130 e. The number of hydrogen-bond donors (Lipinski definition) is 1. The summed E-state index contributed by atoms with van der Waals surface area (Å²) in [7, 11) is 1.44. The van der Waals surface area contributed by atoms with Crippen molar-refractivity contribution in [3.8, 4) is 23.6 Å². The average molecular weight is 235 g/mol. The lowest BCUT2D eigenvalue weighted by Gasteiger charge is -2.05. The molecule has 0 atom stereocenters. The zero-order valence-electron chi connectivity index (χ0n) is 8.36. The van der Waals surface area contributed by atoms with Gasteiger partial charge in [-0.1, -0.05) is 11.6 Å². The van der Waals surface area contributed by atoms with E-state index in [0.29, 0.717) is 5.75 Å². The third kappa shape index (κ3) is 2.44. The number of nitrogens with zero attached hydrogens (tertiary/aromatic N) is 2. The van der Waals surface area contributed by atoms with Crippen molar-refractivity contribution < 1.29 is 9.84 Å². The van der Waals surface area contributed by atoms with Crippen LogP contribution in [-0.2, 0) is 0 Å². The largest absolute Gasteiger partial charge is 0.507 e. The summed E-state index contributed by atoms with van der Waals surface area (Å²) in [6.07, 6.45) is 1.22. The molecule has 0 saturated heterocycles. The minimum absolute atomic E-state index is 0.137. The minimum atomic E-state index is -0.146. The van der Waals surface area contributed by atoms with E-state index in [1.807, 2.05) is 0 Å². The summed E-state index contributed by atoms with van der Waals surface area (Å²) in [5, 5.41) is 27.0. The molecule has 5 heteroatoms. The Morgan fingerprint density at radius 3 is 2.50 bits per heavy atom. The first-order valence-corrected chi connectivity index (χ1v) is 4.58. The van der Waals surface area contributed by atoms with Crippen LogP contribution in [0.1, 0.15) is 5.56 Å². The number of aromatic hydroxyl groups is 1. The number of hydrogen-bond acceptors (Lipinski definition) is 4. The van der Waals surface area contributed by atoms with Gasteiger partial charge in [0.15, 0.2) is 0 Å². The molecule has 0 fully saturated rings. The molecule has 0 bridgehead atoms. The highest BCUT2D eigenvalue weighted by Crippen LogP contribution is 2.32. The van der Waals surface area contributed by atoms with Gasteiger partial charge in [-0.05, 0) is 12.1 Å². The topological polar surface area (TPSA) is 77.0 Å². The Labute approximate surface area is 97.6 Å². The van der Waals surface area contributed by atoms with Gasteiger partial charge >= 0.3 is 0 Å². The molecular formula is C11H7ClN2O2. The third-order valence-electron chi connectivity index (χ3n) is 1.85. The molecule has 1 rings (SSSR count). The molecule has 80 valence electrons. The van der Waals surface area contributed by atoms with Gasteiger partial charge in [-0.2, -0.15) is 10.5 Å². The normalized spacial score (nSPS) is 8.75. The van der Waals surface area contributed by atoms with Crippen LogP contribution in [0.3, 0.4) is 0 Å².